The third kappa shape index (κ3) is 2.11. The molecule has 4 rings (SSSR count). The average molecular weight is 306 g/mol. The van der Waals surface area contributed by atoms with Crippen LogP contribution >= 0.6 is 0 Å². The van der Waals surface area contributed by atoms with Gasteiger partial charge in [-0.25, -0.2) is 4.39 Å². The van der Waals surface area contributed by atoms with Crippen molar-refractivity contribution in [1.29, 1.82) is 0 Å². The third-order valence-corrected chi connectivity index (χ3v) is 4.08. The van der Waals surface area contributed by atoms with Crippen molar-refractivity contribution in [3.63, 3.8) is 0 Å². The van der Waals surface area contributed by atoms with Crippen LogP contribution in [0.1, 0.15) is 5.69 Å². The largest absolute Gasteiger partial charge is 0.505 e. The summed E-state index contributed by atoms with van der Waals surface area (Å²) in [5.74, 6) is -0.0434. The Morgan fingerprint density at radius 1 is 0.957 bits per heavy atom. The van der Waals surface area contributed by atoms with Crippen molar-refractivity contribution in [2.24, 2.45) is 0 Å². The van der Waals surface area contributed by atoms with Gasteiger partial charge in [0.2, 0.25) is 0 Å². The summed E-state index contributed by atoms with van der Waals surface area (Å²) in [7, 11) is 0. The normalized spacial score (nSPS) is 11.2. The molecule has 114 valence electrons. The Balaban J connectivity index is 2.07. The topological polar surface area (TPSA) is 30.1 Å². The van der Waals surface area contributed by atoms with Crippen LogP contribution in [0.5, 0.6) is 5.75 Å². The SMILES string of the molecule is Cc1cccn1-c1cc2ccccc2n1-c1ccc(O)c(F)c1. The highest BCUT2D eigenvalue weighted by atomic mass is 19.1. The number of rotatable bonds is 2. The van der Waals surface area contributed by atoms with Crippen molar-refractivity contribution in [2.45, 2.75) is 6.92 Å². The van der Waals surface area contributed by atoms with E-state index in [1.807, 2.05) is 54.1 Å². The summed E-state index contributed by atoms with van der Waals surface area (Å²) in [5, 5.41) is 10.5. The van der Waals surface area contributed by atoms with E-state index < -0.39 is 5.82 Å². The average Bonchev–Trinajstić information content (AvgIpc) is 3.13. The van der Waals surface area contributed by atoms with Gasteiger partial charge in [0.15, 0.2) is 11.6 Å². The van der Waals surface area contributed by atoms with Crippen LogP contribution in [0.15, 0.2) is 66.9 Å². The fourth-order valence-electron chi connectivity index (χ4n) is 2.95. The summed E-state index contributed by atoms with van der Waals surface area (Å²) >= 11 is 0. The van der Waals surface area contributed by atoms with Crippen molar-refractivity contribution in [2.75, 3.05) is 0 Å². The molecule has 0 bridgehead atoms. The summed E-state index contributed by atoms with van der Waals surface area (Å²) in [6.45, 7) is 2.03. The molecule has 2 aromatic carbocycles. The third-order valence-electron chi connectivity index (χ3n) is 4.08. The van der Waals surface area contributed by atoms with Crippen molar-refractivity contribution in [3.8, 4) is 17.3 Å². The van der Waals surface area contributed by atoms with E-state index in [1.165, 1.54) is 12.1 Å². The zero-order chi connectivity index (χ0) is 16.0. The first kappa shape index (κ1) is 13.6. The van der Waals surface area contributed by atoms with E-state index in [-0.39, 0.29) is 5.75 Å². The van der Waals surface area contributed by atoms with Crippen LogP contribution in [0.25, 0.3) is 22.4 Å². The summed E-state index contributed by atoms with van der Waals surface area (Å²) < 4.78 is 17.9. The highest BCUT2D eigenvalue weighted by molar-refractivity contribution is 5.85. The standard InChI is InChI=1S/C19H15FN2O/c1-13-5-4-10-21(13)19-11-14-6-2-3-7-17(14)22(19)15-8-9-18(23)16(20)12-15/h2-12,23H,1H3. The lowest BCUT2D eigenvalue weighted by Gasteiger charge is -2.13. The minimum absolute atomic E-state index is 0.344. The number of phenolic OH excluding ortho intramolecular Hbond substituents is 1. The number of phenols is 1. The van der Waals surface area contributed by atoms with Gasteiger partial charge in [-0.15, -0.1) is 0 Å². The van der Waals surface area contributed by atoms with E-state index in [0.29, 0.717) is 5.69 Å². The molecule has 0 spiro atoms. The summed E-state index contributed by atoms with van der Waals surface area (Å²) in [4.78, 5) is 0. The second-order valence-corrected chi connectivity index (χ2v) is 5.55. The van der Waals surface area contributed by atoms with Gasteiger partial charge in [-0.2, -0.15) is 0 Å². The molecule has 0 aliphatic carbocycles. The zero-order valence-electron chi connectivity index (χ0n) is 12.6. The highest BCUT2D eigenvalue weighted by Gasteiger charge is 2.14. The Hall–Kier alpha value is -3.01. The summed E-state index contributed by atoms with van der Waals surface area (Å²) in [5.41, 5.74) is 2.75. The van der Waals surface area contributed by atoms with Gasteiger partial charge in [0, 0.05) is 23.3 Å². The van der Waals surface area contributed by atoms with Gasteiger partial charge in [0.25, 0.3) is 0 Å². The van der Waals surface area contributed by atoms with Gasteiger partial charge in [-0.1, -0.05) is 18.2 Å². The fourth-order valence-corrected chi connectivity index (χ4v) is 2.95. The number of para-hydroxylation sites is 1. The number of halogens is 1. The first-order valence-electron chi connectivity index (χ1n) is 7.39. The monoisotopic (exact) mass is 306 g/mol. The molecule has 1 N–H and O–H groups in total. The van der Waals surface area contributed by atoms with Gasteiger partial charge >= 0.3 is 0 Å². The number of hydrogen-bond acceptors (Lipinski definition) is 1. The molecule has 0 unspecified atom stereocenters. The lowest BCUT2D eigenvalue weighted by molar-refractivity contribution is 0.432. The predicted molar refractivity (Wildman–Crippen MR) is 89.0 cm³/mol. The van der Waals surface area contributed by atoms with E-state index in [9.17, 15) is 9.50 Å². The fraction of sp³-hybridized carbons (Fsp3) is 0.0526. The van der Waals surface area contributed by atoms with Crippen molar-refractivity contribution < 1.29 is 9.50 Å². The maximum Gasteiger partial charge on any atom is 0.166 e. The molecule has 0 amide bonds. The Morgan fingerprint density at radius 2 is 1.78 bits per heavy atom. The minimum Gasteiger partial charge on any atom is -0.505 e. The Bertz CT molecular complexity index is 1010. The van der Waals surface area contributed by atoms with Gasteiger partial charge in [0.1, 0.15) is 5.82 Å². The Morgan fingerprint density at radius 3 is 2.52 bits per heavy atom. The van der Waals surface area contributed by atoms with Crippen molar-refractivity contribution >= 4 is 10.9 Å². The molecule has 0 fully saturated rings. The summed E-state index contributed by atoms with van der Waals surface area (Å²) in [6.07, 6.45) is 1.98. The Labute approximate surface area is 132 Å². The molecule has 4 aromatic rings. The van der Waals surface area contributed by atoms with Crippen LogP contribution < -0.4 is 0 Å². The zero-order valence-corrected chi connectivity index (χ0v) is 12.6. The smallest absolute Gasteiger partial charge is 0.166 e. The molecule has 0 radical (unpaired) electrons. The number of aromatic hydroxyl groups is 1. The maximum atomic E-state index is 13.9. The van der Waals surface area contributed by atoms with Crippen molar-refractivity contribution in [1.82, 2.24) is 9.13 Å². The van der Waals surface area contributed by atoms with Gasteiger partial charge in [0.05, 0.1) is 11.2 Å². The number of aromatic nitrogens is 2. The van der Waals surface area contributed by atoms with Crippen LogP contribution in [0.4, 0.5) is 4.39 Å². The lowest BCUT2D eigenvalue weighted by atomic mass is 10.2. The maximum absolute atomic E-state index is 13.9. The van der Waals surface area contributed by atoms with E-state index in [2.05, 4.69) is 10.6 Å². The minimum atomic E-state index is -0.629. The molecule has 0 saturated heterocycles. The number of benzene rings is 2. The molecule has 23 heavy (non-hydrogen) atoms. The van der Waals surface area contributed by atoms with Crippen LogP contribution in [0.3, 0.4) is 0 Å². The predicted octanol–water partition coefficient (Wildman–Crippen LogP) is 4.57. The van der Waals surface area contributed by atoms with E-state index >= 15 is 0 Å². The lowest BCUT2D eigenvalue weighted by Crippen LogP contribution is -2.04. The first-order chi connectivity index (χ1) is 11.1. The molecule has 2 heterocycles. The van der Waals surface area contributed by atoms with Crippen LogP contribution in [-0.4, -0.2) is 14.2 Å². The molecule has 0 saturated carbocycles. The Kier molecular flexibility index (Phi) is 2.98. The molecule has 0 atom stereocenters. The highest BCUT2D eigenvalue weighted by Crippen LogP contribution is 2.29. The van der Waals surface area contributed by atoms with Gasteiger partial charge < -0.3 is 9.67 Å². The van der Waals surface area contributed by atoms with Gasteiger partial charge in [-0.05, 0) is 43.3 Å². The van der Waals surface area contributed by atoms with Crippen LogP contribution in [-0.2, 0) is 0 Å². The molecule has 4 heteroatoms. The van der Waals surface area contributed by atoms with Crippen molar-refractivity contribution in [3.05, 3.63) is 78.4 Å². The van der Waals surface area contributed by atoms with Gasteiger partial charge in [-0.3, -0.25) is 4.57 Å². The molecule has 2 aromatic heterocycles. The number of nitrogens with zero attached hydrogens (tertiary/aromatic N) is 2. The molecular formula is C19H15FN2O. The first-order valence-corrected chi connectivity index (χ1v) is 7.39. The second-order valence-electron chi connectivity index (χ2n) is 5.55. The molecule has 0 aliphatic heterocycles. The van der Waals surface area contributed by atoms with E-state index in [4.69, 9.17) is 0 Å². The number of fused-ring (bicyclic) bond motifs is 1. The number of hydrogen-bond donors (Lipinski definition) is 1. The number of aryl methyl sites for hydroxylation is 1. The molecular weight excluding hydrogens is 291 g/mol. The van der Waals surface area contributed by atoms with Crippen LogP contribution in [0, 0.1) is 12.7 Å². The van der Waals surface area contributed by atoms with Crippen LogP contribution in [0.2, 0.25) is 0 Å². The second kappa shape index (κ2) is 5.02. The van der Waals surface area contributed by atoms with E-state index in [0.717, 1.165) is 22.4 Å². The summed E-state index contributed by atoms with van der Waals surface area (Å²) in [6, 6.07) is 18.5. The molecule has 0 aliphatic rings. The molecule has 3 nitrogen and oxygen atoms in total. The quantitative estimate of drug-likeness (QED) is 0.577. The van der Waals surface area contributed by atoms with E-state index in [1.54, 1.807) is 6.07 Å².